The van der Waals surface area contributed by atoms with E-state index in [2.05, 4.69) is 158 Å². The number of hydrogen-bond donors (Lipinski definition) is 0. The molecular weight excluding hydrogens is 553 g/mol. The summed E-state index contributed by atoms with van der Waals surface area (Å²) in [5.74, 6) is 0. The molecule has 0 atom stereocenters. The smallest absolute Gasteiger partial charge is 0.00137 e. The van der Waals surface area contributed by atoms with Crippen LogP contribution in [0.3, 0.4) is 0 Å². The van der Waals surface area contributed by atoms with Crippen LogP contribution in [0.2, 0.25) is 0 Å². The van der Waals surface area contributed by atoms with Gasteiger partial charge in [-0.2, -0.15) is 0 Å². The zero-order chi connectivity index (χ0) is 29.9. The van der Waals surface area contributed by atoms with Crippen LogP contribution in [0.25, 0.3) is 108 Å². The first kappa shape index (κ1) is 24.4. The predicted molar refractivity (Wildman–Crippen MR) is 200 cm³/mol. The van der Waals surface area contributed by atoms with Crippen molar-refractivity contribution in [3.63, 3.8) is 0 Å². The van der Waals surface area contributed by atoms with Crippen LogP contribution < -0.4 is 0 Å². The van der Waals surface area contributed by atoms with Gasteiger partial charge in [0.05, 0.1) is 0 Å². The lowest BCUT2D eigenvalue weighted by Gasteiger charge is -2.16. The molecule has 0 heterocycles. The Morgan fingerprint density at radius 3 is 1.59 bits per heavy atom. The second-order valence-electron chi connectivity index (χ2n) is 12.8. The summed E-state index contributed by atoms with van der Waals surface area (Å²) in [5.41, 5.74) is 5.06. The lowest BCUT2D eigenvalue weighted by Crippen LogP contribution is -1.89. The van der Waals surface area contributed by atoms with Crippen molar-refractivity contribution in [2.24, 2.45) is 0 Å². The fourth-order valence-electron chi connectivity index (χ4n) is 8.58. The highest BCUT2D eigenvalue weighted by Crippen LogP contribution is 2.49. The third kappa shape index (κ3) is 3.08. The molecule has 210 valence electrons. The largest absolute Gasteiger partial charge is 0.0622 e. The third-order valence-electron chi connectivity index (χ3n) is 10.5. The van der Waals surface area contributed by atoms with Crippen LogP contribution in [0.15, 0.2) is 158 Å². The Morgan fingerprint density at radius 1 is 0.217 bits per heavy atom. The van der Waals surface area contributed by atoms with Crippen molar-refractivity contribution >= 4 is 86.2 Å². The van der Waals surface area contributed by atoms with Crippen LogP contribution in [0.5, 0.6) is 0 Å². The Kier molecular flexibility index (Phi) is 4.66. The summed E-state index contributed by atoms with van der Waals surface area (Å²) in [4.78, 5) is 0. The van der Waals surface area contributed by atoms with E-state index < -0.39 is 0 Å². The van der Waals surface area contributed by atoms with Crippen molar-refractivity contribution in [1.82, 2.24) is 0 Å². The fraction of sp³-hybridized carbons (Fsp3) is 0. The normalized spacial score (nSPS) is 12.3. The molecule has 11 aromatic carbocycles. The summed E-state index contributed by atoms with van der Waals surface area (Å²) in [6.07, 6.45) is 0. The van der Waals surface area contributed by atoms with Gasteiger partial charge in [0.2, 0.25) is 0 Å². The minimum Gasteiger partial charge on any atom is -0.0622 e. The van der Waals surface area contributed by atoms with Crippen molar-refractivity contribution < 1.29 is 0 Å². The van der Waals surface area contributed by atoms with Gasteiger partial charge in [0.15, 0.2) is 0 Å². The second kappa shape index (κ2) is 8.81. The predicted octanol–water partition coefficient (Wildman–Crippen LogP) is 13.1. The lowest BCUT2D eigenvalue weighted by atomic mass is 9.87. The number of fused-ring (bicyclic) bond motifs is 10. The second-order valence-corrected chi connectivity index (χ2v) is 12.8. The van der Waals surface area contributed by atoms with Crippen LogP contribution in [-0.2, 0) is 0 Å². The molecule has 0 aliphatic heterocycles. The molecule has 0 fully saturated rings. The molecule has 0 unspecified atom stereocenters. The molecule has 0 aliphatic rings. The average molecular weight is 579 g/mol. The van der Waals surface area contributed by atoms with E-state index in [1.807, 2.05) is 0 Å². The van der Waals surface area contributed by atoms with E-state index in [9.17, 15) is 0 Å². The molecule has 0 N–H and O–H groups in total. The highest BCUT2D eigenvalue weighted by molar-refractivity contribution is 6.39. The summed E-state index contributed by atoms with van der Waals surface area (Å²) in [6, 6.07) is 58.9. The van der Waals surface area contributed by atoms with E-state index in [-0.39, 0.29) is 0 Å². The van der Waals surface area contributed by atoms with E-state index in [1.165, 1.54) is 108 Å². The van der Waals surface area contributed by atoms with E-state index in [4.69, 9.17) is 0 Å². The van der Waals surface area contributed by atoms with Gasteiger partial charge in [-0.3, -0.25) is 0 Å². The van der Waals surface area contributed by atoms with Crippen molar-refractivity contribution in [2.75, 3.05) is 0 Å². The van der Waals surface area contributed by atoms with Crippen LogP contribution >= 0.6 is 0 Å². The molecule has 0 saturated heterocycles. The number of hydrogen-bond acceptors (Lipinski definition) is 0. The Bertz CT molecular complexity index is 3000. The summed E-state index contributed by atoms with van der Waals surface area (Å²) in [5, 5.41) is 21.3. The third-order valence-corrected chi connectivity index (χ3v) is 10.5. The Balaban J connectivity index is 1.34. The van der Waals surface area contributed by atoms with E-state index in [0.29, 0.717) is 0 Å². The molecule has 0 aliphatic carbocycles. The SMILES string of the molecule is c1ccc(-c2ccccc2-c2ccc3c4ccccc4c4cc5c6cc7c(cc6ccc5c2c34)c2cccc3cccc7c32)cc1. The zero-order valence-electron chi connectivity index (χ0n) is 25.0. The number of rotatable bonds is 2. The van der Waals surface area contributed by atoms with E-state index in [1.54, 1.807) is 0 Å². The van der Waals surface area contributed by atoms with Crippen LogP contribution in [0.4, 0.5) is 0 Å². The fourth-order valence-corrected chi connectivity index (χ4v) is 8.58. The molecule has 0 bridgehead atoms. The molecule has 0 saturated carbocycles. The van der Waals surface area contributed by atoms with Crippen LogP contribution in [0, 0.1) is 0 Å². The topological polar surface area (TPSA) is 0 Å². The summed E-state index contributed by atoms with van der Waals surface area (Å²) < 4.78 is 0. The lowest BCUT2D eigenvalue weighted by molar-refractivity contribution is 1.61. The van der Waals surface area contributed by atoms with Gasteiger partial charge in [-0.1, -0.05) is 140 Å². The molecule has 11 rings (SSSR count). The van der Waals surface area contributed by atoms with Gasteiger partial charge in [0.1, 0.15) is 0 Å². The minimum atomic E-state index is 1.24. The van der Waals surface area contributed by atoms with Crippen LogP contribution in [0.1, 0.15) is 0 Å². The standard InChI is InChI=1S/C46H26/c1-2-10-27(11-3-1)30-14-4-5-15-31(30)36-22-23-37-32-16-6-7-17-33(32)43-26-41-38(45(36)46(37)43)21-20-29-24-40-34-18-8-12-28-13-9-19-35(44(28)34)42(40)25-39(29)41/h1-26H. The Morgan fingerprint density at radius 2 is 0.783 bits per heavy atom. The molecule has 46 heavy (non-hydrogen) atoms. The Hall–Kier alpha value is -5.98. The van der Waals surface area contributed by atoms with Gasteiger partial charge in [-0.05, 0) is 127 Å². The number of benzene rings is 9. The highest BCUT2D eigenvalue weighted by atomic mass is 14.2. The van der Waals surface area contributed by atoms with Crippen molar-refractivity contribution in [1.29, 1.82) is 0 Å². The molecule has 0 heteroatoms. The van der Waals surface area contributed by atoms with Gasteiger partial charge >= 0.3 is 0 Å². The van der Waals surface area contributed by atoms with Crippen molar-refractivity contribution in [3.05, 3.63) is 158 Å². The van der Waals surface area contributed by atoms with E-state index in [0.717, 1.165) is 0 Å². The maximum absolute atomic E-state index is 2.48. The van der Waals surface area contributed by atoms with Gasteiger partial charge in [-0.15, -0.1) is 0 Å². The molecule has 0 radical (unpaired) electrons. The quantitative estimate of drug-likeness (QED) is 0.179. The summed E-state index contributed by atoms with van der Waals surface area (Å²) in [7, 11) is 0. The minimum absolute atomic E-state index is 1.24. The van der Waals surface area contributed by atoms with Gasteiger partial charge < -0.3 is 0 Å². The van der Waals surface area contributed by atoms with Gasteiger partial charge in [0.25, 0.3) is 0 Å². The van der Waals surface area contributed by atoms with Gasteiger partial charge in [0, 0.05) is 0 Å². The first-order chi connectivity index (χ1) is 22.8. The molecule has 0 spiro atoms. The molecule has 11 aromatic rings. The van der Waals surface area contributed by atoms with Gasteiger partial charge in [-0.25, -0.2) is 0 Å². The molecule has 0 amide bonds. The van der Waals surface area contributed by atoms with Crippen LogP contribution in [-0.4, -0.2) is 0 Å². The maximum Gasteiger partial charge on any atom is -0.00137 e. The highest BCUT2D eigenvalue weighted by Gasteiger charge is 2.21. The molecular formula is C46H26. The zero-order valence-corrected chi connectivity index (χ0v) is 25.0. The Labute approximate surface area is 265 Å². The van der Waals surface area contributed by atoms with Crippen molar-refractivity contribution in [3.8, 4) is 22.3 Å². The summed E-state index contributed by atoms with van der Waals surface area (Å²) in [6.45, 7) is 0. The molecule has 0 nitrogen and oxygen atoms in total. The molecule has 0 aromatic heterocycles. The summed E-state index contributed by atoms with van der Waals surface area (Å²) >= 11 is 0. The maximum atomic E-state index is 2.48. The van der Waals surface area contributed by atoms with Crippen molar-refractivity contribution in [2.45, 2.75) is 0 Å². The monoisotopic (exact) mass is 578 g/mol. The first-order valence-electron chi connectivity index (χ1n) is 16.1. The average Bonchev–Trinajstić information content (AvgIpc) is 3.62. The van der Waals surface area contributed by atoms with E-state index >= 15 is 0 Å². The first-order valence-corrected chi connectivity index (χ1v) is 16.1.